The molecule has 5 nitrogen and oxygen atoms in total. The largest absolute Gasteiger partial charge is 0.492 e. The van der Waals surface area contributed by atoms with Crippen molar-refractivity contribution in [3.63, 3.8) is 0 Å². The summed E-state index contributed by atoms with van der Waals surface area (Å²) in [6.07, 6.45) is 1.89. The molecule has 28 heavy (non-hydrogen) atoms. The molecule has 0 radical (unpaired) electrons. The number of para-hydroxylation sites is 1. The van der Waals surface area contributed by atoms with Crippen molar-refractivity contribution in [2.75, 3.05) is 25.0 Å². The van der Waals surface area contributed by atoms with E-state index in [1.54, 1.807) is 11.3 Å². The zero-order valence-corrected chi connectivity index (χ0v) is 17.1. The lowest BCUT2D eigenvalue weighted by Gasteiger charge is -2.31. The Labute approximate surface area is 169 Å². The van der Waals surface area contributed by atoms with Crippen LogP contribution in [0.3, 0.4) is 0 Å². The molecule has 1 aliphatic heterocycles. The lowest BCUT2D eigenvalue weighted by molar-refractivity contribution is 0.194. The number of ether oxygens (including phenoxy) is 1. The molecular formula is C22H25N3O2S. The smallest absolute Gasteiger partial charge is 0.321 e. The average molecular weight is 396 g/mol. The van der Waals surface area contributed by atoms with Gasteiger partial charge in [0.2, 0.25) is 0 Å². The molecule has 0 atom stereocenters. The van der Waals surface area contributed by atoms with Crippen LogP contribution in [0.4, 0.5) is 10.5 Å². The van der Waals surface area contributed by atoms with Crippen LogP contribution in [0.15, 0.2) is 42.5 Å². The van der Waals surface area contributed by atoms with E-state index in [4.69, 9.17) is 9.72 Å². The van der Waals surface area contributed by atoms with Crippen molar-refractivity contribution < 1.29 is 9.53 Å². The van der Waals surface area contributed by atoms with Crippen molar-refractivity contribution in [2.45, 2.75) is 32.6 Å². The maximum absolute atomic E-state index is 12.7. The molecule has 0 spiro atoms. The molecule has 6 heteroatoms. The van der Waals surface area contributed by atoms with E-state index in [1.807, 2.05) is 43.0 Å². The molecule has 146 valence electrons. The highest BCUT2D eigenvalue weighted by molar-refractivity contribution is 7.18. The summed E-state index contributed by atoms with van der Waals surface area (Å²) < 4.78 is 6.91. The highest BCUT2D eigenvalue weighted by atomic mass is 32.1. The van der Waals surface area contributed by atoms with Crippen LogP contribution in [0, 0.1) is 6.92 Å². The number of piperidine rings is 1. The molecule has 0 unspecified atom stereocenters. The van der Waals surface area contributed by atoms with Gasteiger partial charge in [-0.1, -0.05) is 18.2 Å². The second kappa shape index (κ2) is 8.19. The SMILES string of the molecule is CCOc1cc(C)ccc1NC(=O)N1CCC(c2nc3ccccc3s2)CC1. The minimum atomic E-state index is -0.0624. The third-order valence-electron chi connectivity index (χ3n) is 5.12. The van der Waals surface area contributed by atoms with Gasteiger partial charge in [0.05, 0.1) is 27.5 Å². The van der Waals surface area contributed by atoms with Crippen molar-refractivity contribution in [3.05, 3.63) is 53.0 Å². The van der Waals surface area contributed by atoms with E-state index < -0.39 is 0 Å². The number of urea groups is 1. The fourth-order valence-electron chi connectivity index (χ4n) is 3.60. The van der Waals surface area contributed by atoms with Crippen molar-refractivity contribution in [3.8, 4) is 5.75 Å². The van der Waals surface area contributed by atoms with Crippen LogP contribution < -0.4 is 10.1 Å². The summed E-state index contributed by atoms with van der Waals surface area (Å²) in [5.74, 6) is 1.15. The number of thiazole rings is 1. The standard InChI is InChI=1S/C22H25N3O2S/c1-3-27-19-14-15(2)8-9-17(19)24-22(26)25-12-10-16(11-13-25)21-23-18-6-4-5-7-20(18)28-21/h4-9,14,16H,3,10-13H2,1-2H3,(H,24,26). The maximum atomic E-state index is 12.7. The van der Waals surface area contributed by atoms with Crippen LogP contribution in [0.25, 0.3) is 10.2 Å². The third-order valence-corrected chi connectivity index (χ3v) is 6.32. The van der Waals surface area contributed by atoms with Crippen LogP contribution >= 0.6 is 11.3 Å². The molecule has 2 amide bonds. The monoisotopic (exact) mass is 395 g/mol. The topological polar surface area (TPSA) is 54.5 Å². The number of benzene rings is 2. The number of carbonyl (C=O) groups is 1. The van der Waals surface area contributed by atoms with Gasteiger partial charge in [0.15, 0.2) is 0 Å². The molecule has 1 N–H and O–H groups in total. The average Bonchev–Trinajstić information content (AvgIpc) is 3.14. The van der Waals surface area contributed by atoms with E-state index in [2.05, 4.69) is 23.5 Å². The molecule has 0 saturated carbocycles. The van der Waals surface area contributed by atoms with Gasteiger partial charge in [-0.15, -0.1) is 11.3 Å². The minimum absolute atomic E-state index is 0.0624. The van der Waals surface area contributed by atoms with Gasteiger partial charge in [-0.25, -0.2) is 9.78 Å². The Morgan fingerprint density at radius 3 is 2.79 bits per heavy atom. The molecule has 4 rings (SSSR count). The van der Waals surface area contributed by atoms with Gasteiger partial charge >= 0.3 is 6.03 Å². The number of hydrogen-bond donors (Lipinski definition) is 1. The molecule has 0 aliphatic carbocycles. The number of nitrogens with zero attached hydrogens (tertiary/aromatic N) is 2. The minimum Gasteiger partial charge on any atom is -0.492 e. The van der Waals surface area contributed by atoms with Crippen LogP contribution in [0.2, 0.25) is 0 Å². The van der Waals surface area contributed by atoms with Crippen molar-refractivity contribution in [1.82, 2.24) is 9.88 Å². The number of carbonyl (C=O) groups excluding carboxylic acids is 1. The Morgan fingerprint density at radius 1 is 1.25 bits per heavy atom. The van der Waals surface area contributed by atoms with Gasteiger partial charge < -0.3 is 15.0 Å². The van der Waals surface area contributed by atoms with Crippen molar-refractivity contribution in [2.24, 2.45) is 0 Å². The summed E-state index contributed by atoms with van der Waals surface area (Å²) in [5, 5.41) is 4.21. The van der Waals surface area contributed by atoms with Crippen LogP contribution in [-0.2, 0) is 0 Å². The third kappa shape index (κ3) is 3.97. The number of aromatic nitrogens is 1. The summed E-state index contributed by atoms with van der Waals surface area (Å²) in [4.78, 5) is 19.4. The molecule has 3 aromatic rings. The highest BCUT2D eigenvalue weighted by Crippen LogP contribution is 2.34. The van der Waals surface area contributed by atoms with Gasteiger partial charge in [0.25, 0.3) is 0 Å². The summed E-state index contributed by atoms with van der Waals surface area (Å²) in [6, 6.07) is 14.1. The molecule has 1 aromatic heterocycles. The van der Waals surface area contributed by atoms with E-state index >= 15 is 0 Å². The second-order valence-corrected chi connectivity index (χ2v) is 8.21. The molecule has 2 heterocycles. The van der Waals surface area contributed by atoms with E-state index in [1.165, 1.54) is 9.71 Å². The first-order chi connectivity index (χ1) is 13.6. The molecule has 2 aromatic carbocycles. The number of hydrogen-bond acceptors (Lipinski definition) is 4. The Hall–Kier alpha value is -2.60. The molecule has 1 fully saturated rings. The van der Waals surface area contributed by atoms with Gasteiger partial charge in [-0.05, 0) is 56.5 Å². The van der Waals surface area contributed by atoms with E-state index in [-0.39, 0.29) is 6.03 Å². The maximum Gasteiger partial charge on any atom is 0.321 e. The second-order valence-electron chi connectivity index (χ2n) is 7.14. The number of likely N-dealkylation sites (tertiary alicyclic amines) is 1. The van der Waals surface area contributed by atoms with Crippen LogP contribution in [0.5, 0.6) is 5.75 Å². The summed E-state index contributed by atoms with van der Waals surface area (Å²) >= 11 is 1.78. The Morgan fingerprint density at radius 2 is 2.04 bits per heavy atom. The van der Waals surface area contributed by atoms with Gasteiger partial charge in [-0.3, -0.25) is 0 Å². The fraction of sp³-hybridized carbons (Fsp3) is 0.364. The van der Waals surface area contributed by atoms with E-state index in [9.17, 15) is 4.79 Å². The van der Waals surface area contributed by atoms with Crippen molar-refractivity contribution >= 4 is 33.3 Å². The number of fused-ring (bicyclic) bond motifs is 1. The summed E-state index contributed by atoms with van der Waals surface area (Å²) in [6.45, 7) is 6.01. The quantitative estimate of drug-likeness (QED) is 0.642. The highest BCUT2D eigenvalue weighted by Gasteiger charge is 2.26. The van der Waals surface area contributed by atoms with Crippen molar-refractivity contribution in [1.29, 1.82) is 0 Å². The van der Waals surface area contributed by atoms with E-state index in [0.717, 1.165) is 48.4 Å². The number of anilines is 1. The first-order valence-electron chi connectivity index (χ1n) is 9.79. The predicted molar refractivity (Wildman–Crippen MR) is 115 cm³/mol. The zero-order chi connectivity index (χ0) is 19.5. The number of rotatable bonds is 4. The van der Waals surface area contributed by atoms with E-state index in [0.29, 0.717) is 12.5 Å². The normalized spacial score (nSPS) is 15.0. The molecule has 0 bridgehead atoms. The van der Waals surface area contributed by atoms with Gasteiger partial charge in [-0.2, -0.15) is 0 Å². The van der Waals surface area contributed by atoms with Crippen LogP contribution in [-0.4, -0.2) is 35.6 Å². The Kier molecular flexibility index (Phi) is 5.48. The van der Waals surface area contributed by atoms with Gasteiger partial charge in [0.1, 0.15) is 5.75 Å². The van der Waals surface area contributed by atoms with Gasteiger partial charge in [0, 0.05) is 19.0 Å². The lowest BCUT2D eigenvalue weighted by Crippen LogP contribution is -2.40. The molecule has 1 aliphatic rings. The molecular weight excluding hydrogens is 370 g/mol. The Balaban J connectivity index is 1.39. The zero-order valence-electron chi connectivity index (χ0n) is 16.3. The predicted octanol–water partition coefficient (Wildman–Crippen LogP) is 5.41. The lowest BCUT2D eigenvalue weighted by atomic mass is 9.98. The number of aryl methyl sites for hydroxylation is 1. The first-order valence-corrected chi connectivity index (χ1v) is 10.6. The first kappa shape index (κ1) is 18.7. The Bertz CT molecular complexity index is 944. The molecule has 1 saturated heterocycles. The number of nitrogens with one attached hydrogen (secondary N) is 1. The number of amides is 2. The van der Waals surface area contributed by atoms with Crippen LogP contribution in [0.1, 0.15) is 36.3 Å². The summed E-state index contributed by atoms with van der Waals surface area (Å²) in [7, 11) is 0. The fourth-order valence-corrected chi connectivity index (χ4v) is 4.73. The summed E-state index contributed by atoms with van der Waals surface area (Å²) in [5.41, 5.74) is 2.91.